The number of carbonyl (C=O) groups excluding carboxylic acids is 1. The average Bonchev–Trinajstić information content (AvgIpc) is 2.81. The van der Waals surface area contributed by atoms with Crippen molar-refractivity contribution in [2.75, 3.05) is 0 Å². The van der Waals surface area contributed by atoms with Crippen LogP contribution in [-0.4, -0.2) is 38.8 Å². The molecule has 4 aliphatic rings. The number of ketones is 1. The molecular weight excluding hydrogens is 332 g/mol. The number of aliphatic hydroxyl groups excluding tert-OH is 1. The molecule has 3 unspecified atom stereocenters. The summed E-state index contributed by atoms with van der Waals surface area (Å²) in [4.78, 5) is 23.9. The van der Waals surface area contributed by atoms with Gasteiger partial charge in [0.25, 0.3) is 0 Å². The molecule has 5 nitrogen and oxygen atoms in total. The SMILES string of the molecule is C[C@H]1CC2C([C@@H](O)C[C@@]3(C)C2CC[C@]3(O)C(=O)O)[C@@]2(C)CCC(=O)C=C12. The van der Waals surface area contributed by atoms with Crippen LogP contribution in [0.25, 0.3) is 0 Å². The van der Waals surface area contributed by atoms with Crippen molar-refractivity contribution in [3.05, 3.63) is 11.6 Å². The fourth-order valence-corrected chi connectivity index (χ4v) is 7.48. The average molecular weight is 362 g/mol. The van der Waals surface area contributed by atoms with Gasteiger partial charge in [-0.3, -0.25) is 4.79 Å². The van der Waals surface area contributed by atoms with Gasteiger partial charge in [0, 0.05) is 11.8 Å². The standard InChI is InChI=1S/C21H30O5/c1-11-8-13-14-5-7-21(26,18(24)25)20(14,3)10-16(23)17(13)19(2)6-4-12(22)9-15(11)19/h9,11,13-14,16-17,23,26H,4-8,10H2,1-3H3,(H,24,25)/t11-,13?,14?,16-,17?,19-,20-,21-/m0/s1. The van der Waals surface area contributed by atoms with E-state index < -0.39 is 23.1 Å². The summed E-state index contributed by atoms with van der Waals surface area (Å²) < 4.78 is 0. The van der Waals surface area contributed by atoms with Crippen molar-refractivity contribution < 1.29 is 24.9 Å². The monoisotopic (exact) mass is 362 g/mol. The maximum atomic E-state index is 12.0. The highest BCUT2D eigenvalue weighted by atomic mass is 16.4. The first-order chi connectivity index (χ1) is 12.0. The fraction of sp³-hybridized carbons (Fsp3) is 0.810. The maximum Gasteiger partial charge on any atom is 0.336 e. The van der Waals surface area contributed by atoms with Crippen molar-refractivity contribution in [3.63, 3.8) is 0 Å². The molecule has 4 aliphatic carbocycles. The fourth-order valence-electron chi connectivity index (χ4n) is 7.48. The van der Waals surface area contributed by atoms with Gasteiger partial charge in [0.15, 0.2) is 11.4 Å². The van der Waals surface area contributed by atoms with Gasteiger partial charge in [0.05, 0.1) is 6.10 Å². The van der Waals surface area contributed by atoms with E-state index in [0.29, 0.717) is 19.3 Å². The van der Waals surface area contributed by atoms with Gasteiger partial charge >= 0.3 is 5.97 Å². The highest BCUT2D eigenvalue weighted by molar-refractivity contribution is 5.91. The molecule has 0 amide bonds. The Bertz CT molecular complexity index is 699. The minimum absolute atomic E-state index is 0.0345. The number of hydrogen-bond acceptors (Lipinski definition) is 4. The minimum Gasteiger partial charge on any atom is -0.479 e. The highest BCUT2D eigenvalue weighted by Crippen LogP contribution is 2.68. The van der Waals surface area contributed by atoms with Crippen LogP contribution in [0.5, 0.6) is 0 Å². The van der Waals surface area contributed by atoms with Gasteiger partial charge in [0.2, 0.25) is 0 Å². The molecule has 3 fully saturated rings. The molecule has 0 spiro atoms. The number of carbonyl (C=O) groups is 2. The number of rotatable bonds is 1. The summed E-state index contributed by atoms with van der Waals surface area (Å²) in [6, 6.07) is 0. The van der Waals surface area contributed by atoms with E-state index in [0.717, 1.165) is 12.8 Å². The quantitative estimate of drug-likeness (QED) is 0.666. The minimum atomic E-state index is -1.76. The zero-order valence-electron chi connectivity index (χ0n) is 15.9. The molecule has 0 radical (unpaired) electrons. The topological polar surface area (TPSA) is 94.8 Å². The van der Waals surface area contributed by atoms with E-state index in [9.17, 15) is 24.9 Å². The number of aliphatic hydroxyl groups is 2. The Morgan fingerprint density at radius 2 is 1.96 bits per heavy atom. The van der Waals surface area contributed by atoms with Gasteiger partial charge in [-0.05, 0) is 67.3 Å². The van der Waals surface area contributed by atoms with E-state index in [1.54, 1.807) is 0 Å². The van der Waals surface area contributed by atoms with Gasteiger partial charge in [-0.25, -0.2) is 4.79 Å². The van der Waals surface area contributed by atoms with Gasteiger partial charge in [-0.2, -0.15) is 0 Å². The van der Waals surface area contributed by atoms with E-state index in [2.05, 4.69) is 13.8 Å². The van der Waals surface area contributed by atoms with Crippen LogP contribution in [0.1, 0.15) is 59.3 Å². The second-order valence-electron chi connectivity index (χ2n) is 9.81. The van der Waals surface area contributed by atoms with Crippen LogP contribution in [0.3, 0.4) is 0 Å². The van der Waals surface area contributed by atoms with Crippen LogP contribution in [0.15, 0.2) is 11.6 Å². The Morgan fingerprint density at radius 3 is 2.62 bits per heavy atom. The van der Waals surface area contributed by atoms with Crippen LogP contribution in [-0.2, 0) is 9.59 Å². The van der Waals surface area contributed by atoms with E-state index in [4.69, 9.17) is 0 Å². The number of hydrogen-bond donors (Lipinski definition) is 3. The van der Waals surface area contributed by atoms with Crippen molar-refractivity contribution in [1.29, 1.82) is 0 Å². The zero-order valence-corrected chi connectivity index (χ0v) is 15.9. The summed E-state index contributed by atoms with van der Waals surface area (Å²) in [6.45, 7) is 6.19. The lowest BCUT2D eigenvalue weighted by molar-refractivity contribution is -0.196. The molecule has 8 atom stereocenters. The van der Waals surface area contributed by atoms with Crippen LogP contribution in [0.4, 0.5) is 0 Å². The molecule has 0 aromatic heterocycles. The third-order valence-corrected chi connectivity index (χ3v) is 8.72. The molecule has 0 bridgehead atoms. The van der Waals surface area contributed by atoms with Crippen molar-refractivity contribution in [2.24, 2.45) is 34.5 Å². The van der Waals surface area contributed by atoms with Gasteiger partial charge in [-0.15, -0.1) is 0 Å². The second-order valence-corrected chi connectivity index (χ2v) is 9.81. The van der Waals surface area contributed by atoms with E-state index in [-0.39, 0.29) is 41.3 Å². The molecule has 3 N–H and O–H groups in total. The summed E-state index contributed by atoms with van der Waals surface area (Å²) in [5.41, 5.74) is -1.60. The lowest BCUT2D eigenvalue weighted by atomic mass is 9.44. The Labute approximate surface area is 154 Å². The Morgan fingerprint density at radius 1 is 1.27 bits per heavy atom. The number of carboxylic acid groups (broad SMARTS) is 1. The molecule has 0 saturated heterocycles. The first-order valence-corrected chi connectivity index (χ1v) is 9.93. The molecule has 144 valence electrons. The number of allylic oxidation sites excluding steroid dienone is 1. The summed E-state index contributed by atoms with van der Waals surface area (Å²) >= 11 is 0. The summed E-state index contributed by atoms with van der Waals surface area (Å²) in [6.07, 6.45) is 4.54. The van der Waals surface area contributed by atoms with Crippen molar-refractivity contribution >= 4 is 11.8 Å². The smallest absolute Gasteiger partial charge is 0.336 e. The predicted octanol–water partition coefficient (Wildman–Crippen LogP) is 2.55. The van der Waals surface area contributed by atoms with Crippen molar-refractivity contribution in [2.45, 2.75) is 71.0 Å². The Hall–Kier alpha value is -1.20. The lowest BCUT2D eigenvalue weighted by Crippen LogP contribution is -2.62. The third kappa shape index (κ3) is 2.04. The van der Waals surface area contributed by atoms with Crippen molar-refractivity contribution in [1.82, 2.24) is 0 Å². The number of aliphatic carboxylic acids is 1. The summed E-state index contributed by atoms with van der Waals surface area (Å²) in [7, 11) is 0. The van der Waals surface area contributed by atoms with Gasteiger partial charge < -0.3 is 15.3 Å². The van der Waals surface area contributed by atoms with E-state index >= 15 is 0 Å². The largest absolute Gasteiger partial charge is 0.479 e. The molecule has 0 aliphatic heterocycles. The van der Waals surface area contributed by atoms with Gasteiger partial charge in [-0.1, -0.05) is 26.3 Å². The molecule has 3 saturated carbocycles. The molecule has 0 aromatic rings. The van der Waals surface area contributed by atoms with Crippen LogP contribution < -0.4 is 0 Å². The second kappa shape index (κ2) is 5.41. The normalized spacial score (nSPS) is 53.3. The number of carboxylic acids is 1. The Balaban J connectivity index is 1.79. The van der Waals surface area contributed by atoms with Crippen molar-refractivity contribution in [3.8, 4) is 0 Å². The molecule has 5 heteroatoms. The zero-order chi connectivity index (χ0) is 19.1. The third-order valence-electron chi connectivity index (χ3n) is 8.72. The van der Waals surface area contributed by atoms with Crippen LogP contribution in [0.2, 0.25) is 0 Å². The molecule has 4 rings (SSSR count). The summed E-state index contributed by atoms with van der Waals surface area (Å²) in [5, 5.41) is 31.8. The van der Waals surface area contributed by atoms with E-state index in [1.165, 1.54) is 5.57 Å². The molecule has 26 heavy (non-hydrogen) atoms. The van der Waals surface area contributed by atoms with E-state index in [1.807, 2.05) is 13.0 Å². The Kier molecular flexibility index (Phi) is 3.79. The van der Waals surface area contributed by atoms with Crippen LogP contribution >= 0.6 is 0 Å². The first kappa shape index (κ1) is 18.2. The molecular formula is C21H30O5. The maximum absolute atomic E-state index is 12.0. The number of fused-ring (bicyclic) bond motifs is 5. The molecule has 0 aromatic carbocycles. The predicted molar refractivity (Wildman–Crippen MR) is 95.2 cm³/mol. The van der Waals surface area contributed by atoms with Gasteiger partial charge in [0.1, 0.15) is 0 Å². The van der Waals surface area contributed by atoms with Crippen LogP contribution in [0, 0.1) is 34.5 Å². The highest BCUT2D eigenvalue weighted by Gasteiger charge is 2.69. The molecule has 0 heterocycles. The lowest BCUT2D eigenvalue weighted by Gasteiger charge is -2.61. The summed E-state index contributed by atoms with van der Waals surface area (Å²) in [5.74, 6) is -0.421. The first-order valence-electron chi connectivity index (χ1n) is 9.93.